The number of aliphatic hydroxyl groups is 1. The largest absolute Gasteiger partial charge is 0.451 e. The van der Waals surface area contributed by atoms with Gasteiger partial charge in [-0.25, -0.2) is 4.79 Å². The quantitative estimate of drug-likeness (QED) is 0.631. The van der Waals surface area contributed by atoms with E-state index in [1.807, 2.05) is 6.07 Å². The summed E-state index contributed by atoms with van der Waals surface area (Å²) in [7, 11) is 0. The highest BCUT2D eigenvalue weighted by molar-refractivity contribution is 6.42. The zero-order chi connectivity index (χ0) is 18.5. The van der Waals surface area contributed by atoms with Gasteiger partial charge in [-0.15, -0.1) is 0 Å². The lowest BCUT2D eigenvalue weighted by Gasteiger charge is -2.33. The highest BCUT2D eigenvalue weighted by Crippen LogP contribution is 2.49. The molecule has 0 bridgehead atoms. The molecule has 2 aromatic rings. The molecule has 2 fully saturated rings. The molecule has 5 atom stereocenters. The number of esters is 1. The van der Waals surface area contributed by atoms with Gasteiger partial charge in [0.15, 0.2) is 12.4 Å². The maximum absolute atomic E-state index is 12.6. The fourth-order valence-electron chi connectivity index (χ4n) is 3.19. The summed E-state index contributed by atoms with van der Waals surface area (Å²) in [5, 5.41) is 11.5. The van der Waals surface area contributed by atoms with E-state index in [0.29, 0.717) is 21.2 Å². The van der Waals surface area contributed by atoms with Crippen LogP contribution in [-0.2, 0) is 14.2 Å². The third-order valence-corrected chi connectivity index (χ3v) is 5.41. The molecule has 2 aliphatic heterocycles. The molecule has 0 aliphatic carbocycles. The first-order chi connectivity index (χ1) is 12.4. The number of epoxide rings is 1. The summed E-state index contributed by atoms with van der Waals surface area (Å²) < 4.78 is 16.7. The molecule has 1 N–H and O–H groups in total. The number of benzene rings is 2. The number of fused-ring (bicyclic) bond motifs is 1. The molecule has 4 rings (SSSR count). The van der Waals surface area contributed by atoms with Crippen LogP contribution in [0, 0.1) is 0 Å². The van der Waals surface area contributed by atoms with Crippen molar-refractivity contribution in [2.45, 2.75) is 37.1 Å². The summed E-state index contributed by atoms with van der Waals surface area (Å²) in [5.74, 6) is -0.525. The first-order valence-electron chi connectivity index (χ1n) is 8.12. The summed E-state index contributed by atoms with van der Waals surface area (Å²) >= 11 is 12.1. The van der Waals surface area contributed by atoms with Crippen molar-refractivity contribution in [3.05, 3.63) is 69.7 Å². The van der Waals surface area contributed by atoms with Crippen LogP contribution in [0.3, 0.4) is 0 Å². The molecule has 5 nitrogen and oxygen atoms in total. The number of rotatable bonds is 4. The lowest BCUT2D eigenvalue weighted by atomic mass is 9.90. The Labute approximate surface area is 160 Å². The minimum Gasteiger partial charge on any atom is -0.451 e. The van der Waals surface area contributed by atoms with Crippen LogP contribution in [0.2, 0.25) is 10.0 Å². The third-order valence-electron chi connectivity index (χ3n) is 4.67. The van der Waals surface area contributed by atoms with Gasteiger partial charge >= 0.3 is 5.97 Å². The number of hydrogen-bond donors (Lipinski definition) is 1. The van der Waals surface area contributed by atoms with Crippen molar-refractivity contribution >= 4 is 29.2 Å². The maximum Gasteiger partial charge on any atom is 0.338 e. The Bertz CT molecular complexity index is 839. The second kappa shape index (κ2) is 6.51. The monoisotopic (exact) mass is 394 g/mol. The average molecular weight is 395 g/mol. The Morgan fingerprint density at radius 1 is 1.15 bits per heavy atom. The van der Waals surface area contributed by atoms with Crippen LogP contribution in [-0.4, -0.2) is 35.2 Å². The van der Waals surface area contributed by atoms with E-state index in [0.717, 1.165) is 0 Å². The SMILES string of the molecule is C[C@@]1(O)[C@@H]([C@H](OC(=O)c2ccccc2)c2ccc(Cl)c(Cl)c2)O[C@@H]2O[C@@H]21. The van der Waals surface area contributed by atoms with E-state index < -0.39 is 36.2 Å². The molecule has 26 heavy (non-hydrogen) atoms. The number of carbonyl (C=O) groups excluding carboxylic acids is 1. The first-order valence-corrected chi connectivity index (χ1v) is 8.88. The molecule has 2 heterocycles. The van der Waals surface area contributed by atoms with E-state index in [-0.39, 0.29) is 0 Å². The van der Waals surface area contributed by atoms with Crippen LogP contribution in [0.1, 0.15) is 28.9 Å². The van der Waals surface area contributed by atoms with E-state index in [1.165, 1.54) is 0 Å². The molecular weight excluding hydrogens is 379 g/mol. The summed E-state index contributed by atoms with van der Waals surface area (Å²) in [4.78, 5) is 12.6. The second-order valence-corrected chi connectivity index (χ2v) is 7.39. The van der Waals surface area contributed by atoms with Gasteiger partial charge in [-0.05, 0) is 36.8 Å². The minimum absolute atomic E-state index is 0.323. The Kier molecular flexibility index (Phi) is 4.45. The molecule has 0 saturated carbocycles. The first kappa shape index (κ1) is 17.8. The predicted octanol–water partition coefficient (Wildman–Crippen LogP) is 3.77. The molecule has 0 unspecified atom stereocenters. The van der Waals surface area contributed by atoms with Crippen molar-refractivity contribution < 1.29 is 24.1 Å². The number of hydrogen-bond acceptors (Lipinski definition) is 5. The average Bonchev–Trinajstić information content (AvgIpc) is 3.36. The molecule has 2 aliphatic rings. The molecule has 0 amide bonds. The summed E-state index contributed by atoms with van der Waals surface area (Å²) in [5.41, 5.74) is -0.329. The van der Waals surface area contributed by atoms with Gasteiger partial charge in [-0.3, -0.25) is 0 Å². The van der Waals surface area contributed by atoms with Crippen molar-refractivity contribution in [3.63, 3.8) is 0 Å². The minimum atomic E-state index is -1.31. The molecule has 0 spiro atoms. The number of halogens is 2. The van der Waals surface area contributed by atoms with Crippen LogP contribution < -0.4 is 0 Å². The van der Waals surface area contributed by atoms with E-state index in [1.54, 1.807) is 49.4 Å². The van der Waals surface area contributed by atoms with E-state index in [9.17, 15) is 9.90 Å². The fourth-order valence-corrected chi connectivity index (χ4v) is 3.50. The molecule has 2 aromatic carbocycles. The summed E-state index contributed by atoms with van der Waals surface area (Å²) in [6.45, 7) is 1.61. The highest BCUT2D eigenvalue weighted by Gasteiger charge is 2.66. The summed E-state index contributed by atoms with van der Waals surface area (Å²) in [6, 6.07) is 13.5. The van der Waals surface area contributed by atoms with Crippen molar-refractivity contribution in [2.75, 3.05) is 0 Å². The zero-order valence-electron chi connectivity index (χ0n) is 13.8. The smallest absolute Gasteiger partial charge is 0.338 e. The van der Waals surface area contributed by atoms with E-state index in [4.69, 9.17) is 37.4 Å². The van der Waals surface area contributed by atoms with Crippen LogP contribution in [0.15, 0.2) is 48.5 Å². The van der Waals surface area contributed by atoms with Gasteiger partial charge in [-0.1, -0.05) is 47.5 Å². The van der Waals surface area contributed by atoms with Crippen molar-refractivity contribution in [3.8, 4) is 0 Å². The molecular formula is C19H16Cl2O5. The molecule has 0 radical (unpaired) electrons. The molecule has 0 aromatic heterocycles. The molecule has 136 valence electrons. The molecule has 2 saturated heterocycles. The Morgan fingerprint density at radius 2 is 1.88 bits per heavy atom. The maximum atomic E-state index is 12.6. The topological polar surface area (TPSA) is 68.3 Å². The Hall–Kier alpha value is -1.63. The zero-order valence-corrected chi connectivity index (χ0v) is 15.3. The van der Waals surface area contributed by atoms with Gasteiger partial charge in [0.1, 0.15) is 17.8 Å². The second-order valence-electron chi connectivity index (χ2n) is 6.57. The van der Waals surface area contributed by atoms with Gasteiger partial charge < -0.3 is 19.3 Å². The fraction of sp³-hybridized carbons (Fsp3) is 0.316. The van der Waals surface area contributed by atoms with Crippen LogP contribution in [0.5, 0.6) is 0 Å². The highest BCUT2D eigenvalue weighted by atomic mass is 35.5. The van der Waals surface area contributed by atoms with Crippen molar-refractivity contribution in [2.24, 2.45) is 0 Å². The predicted molar refractivity (Wildman–Crippen MR) is 95.2 cm³/mol. The number of ether oxygens (including phenoxy) is 3. The van der Waals surface area contributed by atoms with Crippen LogP contribution in [0.25, 0.3) is 0 Å². The Morgan fingerprint density at radius 3 is 2.50 bits per heavy atom. The van der Waals surface area contributed by atoms with Gasteiger partial charge in [0.2, 0.25) is 0 Å². The summed E-state index contributed by atoms with van der Waals surface area (Å²) in [6.07, 6.45) is -2.59. The van der Waals surface area contributed by atoms with E-state index in [2.05, 4.69) is 0 Å². The van der Waals surface area contributed by atoms with Gasteiger partial charge in [0.05, 0.1) is 15.6 Å². The van der Waals surface area contributed by atoms with Crippen LogP contribution >= 0.6 is 23.2 Å². The van der Waals surface area contributed by atoms with Gasteiger partial charge in [0.25, 0.3) is 0 Å². The van der Waals surface area contributed by atoms with Crippen molar-refractivity contribution in [1.29, 1.82) is 0 Å². The van der Waals surface area contributed by atoms with E-state index >= 15 is 0 Å². The van der Waals surface area contributed by atoms with Crippen LogP contribution in [0.4, 0.5) is 0 Å². The lowest BCUT2D eigenvalue weighted by molar-refractivity contribution is -0.160. The Balaban J connectivity index is 1.67. The third kappa shape index (κ3) is 3.10. The lowest BCUT2D eigenvalue weighted by Crippen LogP contribution is -2.46. The van der Waals surface area contributed by atoms with Crippen molar-refractivity contribution in [1.82, 2.24) is 0 Å². The number of carbonyl (C=O) groups is 1. The van der Waals surface area contributed by atoms with Gasteiger partial charge in [0, 0.05) is 0 Å². The van der Waals surface area contributed by atoms with Gasteiger partial charge in [-0.2, -0.15) is 0 Å². The molecule has 7 heteroatoms. The standard InChI is InChI=1S/C19H16Cl2O5/c1-19(23)15(25-18-16(19)26-18)14(11-7-8-12(20)13(21)9-11)24-17(22)10-5-3-2-4-6-10/h2-9,14-16,18,23H,1H3/t14-,15-,16+,18-,19-/m1/s1. The normalized spacial score (nSPS) is 30.5.